The van der Waals surface area contributed by atoms with Crippen LogP contribution in [0.2, 0.25) is 0 Å². The monoisotopic (exact) mass is 403 g/mol. The first kappa shape index (κ1) is 19.9. The van der Waals surface area contributed by atoms with Gasteiger partial charge in [-0.1, -0.05) is 50.2 Å². The highest BCUT2D eigenvalue weighted by Crippen LogP contribution is 2.23. The van der Waals surface area contributed by atoms with Crippen molar-refractivity contribution in [1.29, 1.82) is 0 Å². The summed E-state index contributed by atoms with van der Waals surface area (Å²) in [4.78, 5) is 13.0. The molecule has 1 atom stereocenters. The maximum absolute atomic E-state index is 13.0. The molecule has 0 saturated heterocycles. The molecule has 2 aromatic carbocycles. The highest BCUT2D eigenvalue weighted by Gasteiger charge is 2.14. The molecule has 0 spiro atoms. The number of fused-ring (bicyclic) bond motifs is 1. The first-order valence-electron chi connectivity index (χ1n) is 9.97. The summed E-state index contributed by atoms with van der Waals surface area (Å²) in [7, 11) is 1.61. The lowest BCUT2D eigenvalue weighted by molar-refractivity contribution is 0.155. The maximum Gasteiger partial charge on any atom is 0.276 e. The molecule has 6 heteroatoms. The third-order valence-corrected chi connectivity index (χ3v) is 5.33. The van der Waals surface area contributed by atoms with Gasteiger partial charge in [0.2, 0.25) is 0 Å². The van der Waals surface area contributed by atoms with Gasteiger partial charge in [-0.25, -0.2) is 4.52 Å². The topological polar surface area (TPSA) is 68.8 Å². The lowest BCUT2D eigenvalue weighted by Crippen LogP contribution is -2.24. The van der Waals surface area contributed by atoms with E-state index in [9.17, 15) is 9.90 Å². The number of hydrogen-bond acceptors (Lipinski definition) is 4. The van der Waals surface area contributed by atoms with Crippen molar-refractivity contribution in [2.45, 2.75) is 32.4 Å². The van der Waals surface area contributed by atoms with Gasteiger partial charge >= 0.3 is 0 Å². The van der Waals surface area contributed by atoms with Crippen molar-refractivity contribution >= 4 is 5.52 Å². The summed E-state index contributed by atoms with van der Waals surface area (Å²) in [5, 5.41) is 15.2. The molecule has 6 nitrogen and oxygen atoms in total. The summed E-state index contributed by atoms with van der Waals surface area (Å²) < 4.78 is 8.36. The highest BCUT2D eigenvalue weighted by atomic mass is 16.5. The molecule has 0 aliphatic rings. The zero-order valence-corrected chi connectivity index (χ0v) is 17.3. The Bertz CT molecular complexity index is 1220. The maximum atomic E-state index is 13.0. The van der Waals surface area contributed by atoms with Gasteiger partial charge in [-0.2, -0.15) is 5.10 Å². The number of aliphatic hydroxyl groups is 1. The smallest absolute Gasteiger partial charge is 0.276 e. The number of ether oxygens (including phenoxy) is 1. The Kier molecular flexibility index (Phi) is 5.42. The van der Waals surface area contributed by atoms with Crippen LogP contribution in [0.25, 0.3) is 16.8 Å². The van der Waals surface area contributed by atoms with Gasteiger partial charge in [-0.05, 0) is 35.2 Å². The number of hydrogen-bond donors (Lipinski definition) is 1. The number of aromatic nitrogens is 3. The molecule has 0 amide bonds. The van der Waals surface area contributed by atoms with Crippen LogP contribution in [0.1, 0.15) is 37.0 Å². The second kappa shape index (κ2) is 8.16. The van der Waals surface area contributed by atoms with Crippen LogP contribution in [0.3, 0.4) is 0 Å². The van der Waals surface area contributed by atoms with Crippen LogP contribution in [-0.4, -0.2) is 26.4 Å². The van der Waals surface area contributed by atoms with E-state index in [1.165, 1.54) is 10.1 Å². The van der Waals surface area contributed by atoms with E-state index < -0.39 is 6.10 Å². The fourth-order valence-corrected chi connectivity index (χ4v) is 3.49. The molecule has 1 N–H and O–H groups in total. The Labute approximate surface area is 175 Å². The molecule has 0 radical (unpaired) electrons. The Hall–Kier alpha value is -3.38. The molecule has 4 rings (SSSR count). The molecule has 0 fully saturated rings. The molecule has 0 saturated carbocycles. The number of nitrogens with zero attached hydrogens (tertiary/aromatic N) is 3. The van der Waals surface area contributed by atoms with E-state index >= 15 is 0 Å². The molecular formula is C24H25N3O3. The summed E-state index contributed by atoms with van der Waals surface area (Å²) in [6, 6.07) is 17.2. The van der Waals surface area contributed by atoms with Gasteiger partial charge in [0.05, 0.1) is 25.5 Å². The van der Waals surface area contributed by atoms with Crippen LogP contribution >= 0.6 is 0 Å². The lowest BCUT2D eigenvalue weighted by Gasteiger charge is -2.14. The summed E-state index contributed by atoms with van der Waals surface area (Å²) in [6.45, 7) is 4.44. The van der Waals surface area contributed by atoms with Crippen LogP contribution in [-0.2, 0) is 6.54 Å². The molecule has 2 heterocycles. The van der Waals surface area contributed by atoms with Gasteiger partial charge in [0.25, 0.3) is 5.56 Å². The van der Waals surface area contributed by atoms with Gasteiger partial charge in [0.15, 0.2) is 0 Å². The molecule has 4 aromatic rings. The predicted octanol–water partition coefficient (Wildman–Crippen LogP) is 4.03. The fourth-order valence-electron chi connectivity index (χ4n) is 3.49. The molecule has 2 aromatic heterocycles. The quantitative estimate of drug-likeness (QED) is 0.528. The van der Waals surface area contributed by atoms with Gasteiger partial charge in [-0.3, -0.25) is 4.79 Å². The fraction of sp³-hybridized carbons (Fsp3) is 0.250. The van der Waals surface area contributed by atoms with Crippen LogP contribution in [0.15, 0.2) is 71.8 Å². The van der Waals surface area contributed by atoms with Crippen molar-refractivity contribution in [2.75, 3.05) is 7.11 Å². The van der Waals surface area contributed by atoms with E-state index in [0.29, 0.717) is 17.1 Å². The Balaban J connectivity index is 1.62. The summed E-state index contributed by atoms with van der Waals surface area (Å²) in [5.74, 6) is 1.16. The molecule has 0 aliphatic carbocycles. The molecule has 0 aliphatic heterocycles. The van der Waals surface area contributed by atoms with Gasteiger partial charge in [0, 0.05) is 18.0 Å². The predicted molar refractivity (Wildman–Crippen MR) is 117 cm³/mol. The number of rotatable bonds is 6. The normalized spacial score (nSPS) is 12.4. The molecule has 0 bridgehead atoms. The largest absolute Gasteiger partial charge is 0.497 e. The van der Waals surface area contributed by atoms with Crippen LogP contribution < -0.4 is 10.3 Å². The van der Waals surface area contributed by atoms with E-state index in [4.69, 9.17) is 4.74 Å². The number of aliphatic hydroxyl groups excluding tert-OH is 1. The molecule has 154 valence electrons. The molecular weight excluding hydrogens is 378 g/mol. The van der Waals surface area contributed by atoms with E-state index in [1.54, 1.807) is 30.1 Å². The summed E-state index contributed by atoms with van der Waals surface area (Å²) in [5.41, 5.74) is 3.82. The number of benzene rings is 2. The Morgan fingerprint density at radius 1 is 1.03 bits per heavy atom. The third kappa shape index (κ3) is 3.86. The lowest BCUT2D eigenvalue weighted by atomic mass is 10.00. The van der Waals surface area contributed by atoms with Gasteiger partial charge in [-0.15, -0.1) is 0 Å². The summed E-state index contributed by atoms with van der Waals surface area (Å²) >= 11 is 0. The van der Waals surface area contributed by atoms with E-state index in [1.807, 2.05) is 48.5 Å². The van der Waals surface area contributed by atoms with Crippen LogP contribution in [0, 0.1) is 0 Å². The average Bonchev–Trinajstić information content (AvgIpc) is 3.21. The van der Waals surface area contributed by atoms with Crippen molar-refractivity contribution in [2.24, 2.45) is 0 Å². The Morgan fingerprint density at radius 2 is 1.77 bits per heavy atom. The van der Waals surface area contributed by atoms with Crippen LogP contribution in [0.5, 0.6) is 5.75 Å². The van der Waals surface area contributed by atoms with Crippen molar-refractivity contribution in [3.8, 4) is 17.0 Å². The van der Waals surface area contributed by atoms with Crippen molar-refractivity contribution in [3.05, 3.63) is 88.5 Å². The van der Waals surface area contributed by atoms with Gasteiger partial charge in [0.1, 0.15) is 11.3 Å². The first-order valence-corrected chi connectivity index (χ1v) is 9.97. The standard InChI is InChI=1S/C24H25N3O3/c1-16(2)17-7-9-18(10-8-17)23(28)15-26-11-12-27-22(24(26)29)14-21(25-27)19-5-4-6-20(13-19)30-3/h4-14,16,23,28H,15H2,1-3H3. The average molecular weight is 403 g/mol. The number of methoxy groups -OCH3 is 1. The van der Waals surface area contributed by atoms with Crippen molar-refractivity contribution in [3.63, 3.8) is 0 Å². The minimum Gasteiger partial charge on any atom is -0.497 e. The molecule has 1 unspecified atom stereocenters. The minimum atomic E-state index is -0.771. The summed E-state index contributed by atoms with van der Waals surface area (Å²) in [6.07, 6.45) is 2.62. The van der Waals surface area contributed by atoms with Crippen LogP contribution in [0.4, 0.5) is 0 Å². The van der Waals surface area contributed by atoms with E-state index in [0.717, 1.165) is 16.9 Å². The highest BCUT2D eigenvalue weighted by molar-refractivity contribution is 5.66. The van der Waals surface area contributed by atoms with E-state index in [-0.39, 0.29) is 12.1 Å². The second-order valence-corrected chi connectivity index (χ2v) is 7.68. The first-order chi connectivity index (χ1) is 14.5. The third-order valence-electron chi connectivity index (χ3n) is 5.33. The van der Waals surface area contributed by atoms with Crippen molar-refractivity contribution < 1.29 is 9.84 Å². The SMILES string of the molecule is COc1cccc(-c2cc3c(=O)n(CC(O)c4ccc(C(C)C)cc4)ccn3n2)c1. The zero-order chi connectivity index (χ0) is 21.3. The minimum absolute atomic E-state index is 0.177. The zero-order valence-electron chi connectivity index (χ0n) is 17.3. The molecule has 30 heavy (non-hydrogen) atoms. The second-order valence-electron chi connectivity index (χ2n) is 7.68. The van der Waals surface area contributed by atoms with Gasteiger partial charge < -0.3 is 14.4 Å². The van der Waals surface area contributed by atoms with E-state index in [2.05, 4.69) is 18.9 Å². The Morgan fingerprint density at radius 3 is 2.47 bits per heavy atom. The van der Waals surface area contributed by atoms with Crippen molar-refractivity contribution in [1.82, 2.24) is 14.2 Å².